The molecule has 0 radical (unpaired) electrons. The van der Waals surface area contributed by atoms with Gasteiger partial charge in [0.25, 0.3) is 5.78 Å². The van der Waals surface area contributed by atoms with Crippen molar-refractivity contribution >= 4 is 26.0 Å². The van der Waals surface area contributed by atoms with E-state index in [4.69, 9.17) is 4.74 Å². The van der Waals surface area contributed by atoms with Crippen LogP contribution >= 0.6 is 8.03 Å². The maximum atomic E-state index is 12.4. The van der Waals surface area contributed by atoms with E-state index in [0.717, 1.165) is 12.7 Å². The van der Waals surface area contributed by atoms with E-state index in [1.807, 2.05) is 13.0 Å². The van der Waals surface area contributed by atoms with Crippen LogP contribution in [0.3, 0.4) is 0 Å². The van der Waals surface area contributed by atoms with Crippen LogP contribution in [0.2, 0.25) is 0 Å². The highest BCUT2D eigenvalue weighted by atomic mass is 31.1. The smallest absolute Gasteiger partial charge is 0.469 e. The molecule has 3 atom stereocenters. The Morgan fingerprint density at radius 1 is 1.19 bits per heavy atom. The van der Waals surface area contributed by atoms with E-state index in [-0.39, 0.29) is 6.61 Å². The minimum absolute atomic E-state index is 0.0423. The molecular formula is C17H24N2O7P+. The Labute approximate surface area is 158 Å². The lowest BCUT2D eigenvalue weighted by Gasteiger charge is -2.18. The van der Waals surface area contributed by atoms with Gasteiger partial charge in [-0.3, -0.25) is 9.59 Å². The van der Waals surface area contributed by atoms with Crippen molar-refractivity contribution in [1.82, 2.24) is 10.6 Å². The highest BCUT2D eigenvalue weighted by Crippen LogP contribution is 2.23. The Morgan fingerprint density at radius 3 is 2.41 bits per heavy atom. The molecule has 2 amide bonds. The summed E-state index contributed by atoms with van der Waals surface area (Å²) in [7, 11) is -1.72. The van der Waals surface area contributed by atoms with E-state index in [9.17, 15) is 23.8 Å². The third-order valence-electron chi connectivity index (χ3n) is 3.56. The summed E-state index contributed by atoms with van der Waals surface area (Å²) in [4.78, 5) is 44.9. The van der Waals surface area contributed by atoms with E-state index < -0.39 is 44.2 Å². The summed E-state index contributed by atoms with van der Waals surface area (Å²) in [5.41, 5.74) is 0.791. The number of hydrogen-bond acceptors (Lipinski definition) is 6. The summed E-state index contributed by atoms with van der Waals surface area (Å²) < 4.78 is 20.9. The van der Waals surface area contributed by atoms with E-state index in [1.54, 1.807) is 24.3 Å². The first-order valence-electron chi connectivity index (χ1n) is 8.37. The Kier molecular flexibility index (Phi) is 10.00. The van der Waals surface area contributed by atoms with Gasteiger partial charge in [-0.05, 0) is 16.5 Å². The second-order valence-corrected chi connectivity index (χ2v) is 6.88. The second-order valence-electron chi connectivity index (χ2n) is 5.65. The van der Waals surface area contributed by atoms with Crippen molar-refractivity contribution < 1.29 is 33.3 Å². The number of amides is 2. The van der Waals surface area contributed by atoms with Crippen molar-refractivity contribution in [2.24, 2.45) is 0 Å². The Bertz CT molecular complexity index is 654. The van der Waals surface area contributed by atoms with Gasteiger partial charge >= 0.3 is 20.1 Å². The number of methoxy groups -OCH3 is 1. The lowest BCUT2D eigenvalue weighted by atomic mass is 10.1. The van der Waals surface area contributed by atoms with Crippen LogP contribution in [-0.4, -0.2) is 41.8 Å². The number of rotatable bonds is 10. The van der Waals surface area contributed by atoms with Gasteiger partial charge in [-0.25, -0.2) is 4.79 Å². The molecule has 0 aliphatic carbocycles. The quantitative estimate of drug-likeness (QED) is 0.404. The molecule has 1 aromatic carbocycles. The molecule has 1 rings (SSSR count). The molecule has 0 aliphatic rings. The molecule has 0 heterocycles. The summed E-state index contributed by atoms with van der Waals surface area (Å²) in [5.74, 6) is -2.72. The largest absolute Gasteiger partial charge is 0.531 e. The number of hydrogen-bond donors (Lipinski definition) is 3. The number of benzene rings is 1. The molecule has 0 bridgehead atoms. The zero-order valence-corrected chi connectivity index (χ0v) is 16.1. The molecule has 0 spiro atoms. The van der Waals surface area contributed by atoms with Crippen LogP contribution in [-0.2, 0) is 30.2 Å². The zero-order chi connectivity index (χ0) is 20.2. The summed E-state index contributed by atoms with van der Waals surface area (Å²) in [6.07, 6.45) is -0.375. The third-order valence-corrected chi connectivity index (χ3v) is 4.41. The number of alkyl carbamates (subject to hydrolysis) is 1. The first-order chi connectivity index (χ1) is 12.9. The first-order valence-corrected chi connectivity index (χ1v) is 9.65. The van der Waals surface area contributed by atoms with Crippen LogP contribution in [0.5, 0.6) is 0 Å². The minimum Gasteiger partial charge on any atom is -0.469 e. The monoisotopic (exact) mass is 399 g/mol. The number of nitrogens with one attached hydrogen (secondary N) is 2. The van der Waals surface area contributed by atoms with Crippen LogP contribution in [0.1, 0.15) is 31.7 Å². The molecule has 10 heteroatoms. The van der Waals surface area contributed by atoms with E-state index in [1.165, 1.54) is 0 Å². The first kappa shape index (κ1) is 22.5. The molecule has 3 N–H and O–H groups in total. The molecule has 0 aromatic heterocycles. The molecule has 0 fully saturated rings. The van der Waals surface area contributed by atoms with Crippen LogP contribution in [0.25, 0.3) is 0 Å². The summed E-state index contributed by atoms with van der Waals surface area (Å²) >= 11 is 0. The molecule has 27 heavy (non-hydrogen) atoms. The number of esters is 1. The third kappa shape index (κ3) is 8.61. The second kappa shape index (κ2) is 12.0. The van der Waals surface area contributed by atoms with Crippen molar-refractivity contribution in [1.29, 1.82) is 0 Å². The summed E-state index contributed by atoms with van der Waals surface area (Å²) in [5, 5.41) is 4.74. The van der Waals surface area contributed by atoms with Crippen molar-refractivity contribution in [3.8, 4) is 0 Å². The van der Waals surface area contributed by atoms with Crippen LogP contribution in [0.15, 0.2) is 30.3 Å². The van der Waals surface area contributed by atoms with E-state index in [2.05, 4.69) is 15.4 Å². The highest BCUT2D eigenvalue weighted by molar-refractivity contribution is 7.38. The molecule has 148 valence electrons. The maximum absolute atomic E-state index is 12.4. The van der Waals surface area contributed by atoms with Gasteiger partial charge in [0.05, 0.1) is 7.11 Å². The number of carbonyl (C=O) groups is 3. The van der Waals surface area contributed by atoms with Crippen LogP contribution < -0.4 is 10.6 Å². The van der Waals surface area contributed by atoms with Crippen molar-refractivity contribution in [3.63, 3.8) is 0 Å². The van der Waals surface area contributed by atoms with Gasteiger partial charge in [-0.15, -0.1) is 0 Å². The predicted octanol–water partition coefficient (Wildman–Crippen LogP) is 1.82. The minimum atomic E-state index is -2.85. The average molecular weight is 399 g/mol. The standard InChI is InChI=1S/C17H23N2O7P/c1-3-7-13(16(21)19-14(27(23)24)10-15(20)25-2)18-17(22)26-11-12-8-5-4-6-9-12/h4-6,8-9,13-14H,3,7,10-11H2,1-2H3,(H2-,18,19,21,22,23,24)/p+1/t13-,14?/m0/s1. The van der Waals surface area contributed by atoms with E-state index in [0.29, 0.717) is 12.8 Å². The summed E-state index contributed by atoms with van der Waals surface area (Å²) in [6.45, 7) is 1.86. The maximum Gasteiger partial charge on any atom is 0.531 e. The van der Waals surface area contributed by atoms with Gasteiger partial charge in [-0.1, -0.05) is 43.7 Å². The molecular weight excluding hydrogens is 375 g/mol. The summed E-state index contributed by atoms with van der Waals surface area (Å²) in [6, 6.07) is 8.07. The average Bonchev–Trinajstić information content (AvgIpc) is 2.66. The van der Waals surface area contributed by atoms with Gasteiger partial charge in [0.1, 0.15) is 19.1 Å². The fourth-order valence-corrected chi connectivity index (χ4v) is 2.70. The predicted molar refractivity (Wildman–Crippen MR) is 96.8 cm³/mol. The molecule has 2 unspecified atom stereocenters. The van der Waals surface area contributed by atoms with E-state index >= 15 is 0 Å². The number of ether oxygens (including phenoxy) is 2. The lowest BCUT2D eigenvalue weighted by molar-refractivity contribution is -0.140. The zero-order valence-electron chi connectivity index (χ0n) is 15.2. The highest BCUT2D eigenvalue weighted by Gasteiger charge is 2.35. The molecule has 9 nitrogen and oxygen atoms in total. The SMILES string of the molecule is CCC[C@H](NC(=O)OCc1ccccc1)C(=O)NC(CC(=O)OC)[P+](=O)O. The number of carbonyl (C=O) groups excluding carboxylic acids is 3. The fourth-order valence-electron chi connectivity index (χ4n) is 2.15. The van der Waals surface area contributed by atoms with Gasteiger partial charge in [-0.2, -0.15) is 4.89 Å². The Balaban J connectivity index is 2.63. The molecule has 1 aromatic rings. The Hall–Kier alpha value is -2.51. The normalized spacial score (nSPS) is 13.1. The van der Waals surface area contributed by atoms with Crippen molar-refractivity contribution in [3.05, 3.63) is 35.9 Å². The topological polar surface area (TPSA) is 131 Å². The van der Waals surface area contributed by atoms with Crippen LogP contribution in [0, 0.1) is 0 Å². The molecule has 0 saturated heterocycles. The molecule has 0 saturated carbocycles. The lowest BCUT2D eigenvalue weighted by Crippen LogP contribution is -2.49. The van der Waals surface area contributed by atoms with Crippen LogP contribution in [0.4, 0.5) is 4.79 Å². The molecule has 0 aliphatic heterocycles. The Morgan fingerprint density at radius 2 is 1.85 bits per heavy atom. The fraction of sp³-hybridized carbons (Fsp3) is 0.471. The van der Waals surface area contributed by atoms with Gasteiger partial charge in [0.15, 0.2) is 0 Å². The van der Waals surface area contributed by atoms with Gasteiger partial charge in [0.2, 0.25) is 5.91 Å². The van der Waals surface area contributed by atoms with Crippen molar-refractivity contribution in [2.75, 3.05) is 7.11 Å². The van der Waals surface area contributed by atoms with Crippen molar-refractivity contribution in [2.45, 2.75) is 44.6 Å². The van der Waals surface area contributed by atoms with Gasteiger partial charge in [0, 0.05) is 0 Å². The van der Waals surface area contributed by atoms with Gasteiger partial charge < -0.3 is 20.1 Å².